The zero-order valence-corrected chi connectivity index (χ0v) is 15.0. The molecule has 3 rings (SSSR count). The lowest BCUT2D eigenvalue weighted by molar-refractivity contribution is -0.124. The summed E-state index contributed by atoms with van der Waals surface area (Å²) in [5.41, 5.74) is 3.27. The number of benzene rings is 1. The van der Waals surface area contributed by atoms with Crippen LogP contribution in [0.3, 0.4) is 0 Å². The van der Waals surface area contributed by atoms with E-state index in [4.69, 9.17) is 5.26 Å². The minimum Gasteiger partial charge on any atom is -0.339 e. The van der Waals surface area contributed by atoms with Gasteiger partial charge in [0.1, 0.15) is 17.8 Å². The number of piperidine rings is 1. The summed E-state index contributed by atoms with van der Waals surface area (Å²) in [6, 6.07) is 14.8. The summed E-state index contributed by atoms with van der Waals surface area (Å²) in [6.45, 7) is 0.848. The van der Waals surface area contributed by atoms with Gasteiger partial charge in [0.15, 0.2) is 0 Å². The Kier molecular flexibility index (Phi) is 6.14. The van der Waals surface area contributed by atoms with Crippen molar-refractivity contribution in [2.45, 2.75) is 37.8 Å². The van der Waals surface area contributed by atoms with Crippen molar-refractivity contribution in [1.29, 1.82) is 10.5 Å². The molecule has 0 unspecified atom stereocenters. The van der Waals surface area contributed by atoms with E-state index < -0.39 is 6.04 Å². The monoisotopic (exact) mass is 359 g/mol. The van der Waals surface area contributed by atoms with Crippen molar-refractivity contribution < 1.29 is 4.79 Å². The molecule has 1 saturated heterocycles. The van der Waals surface area contributed by atoms with Gasteiger partial charge in [-0.25, -0.2) is 4.98 Å². The fraction of sp³-hybridized carbons (Fsp3) is 0.333. The number of hydrogen-bond donors (Lipinski definition) is 2. The highest BCUT2D eigenvalue weighted by atomic mass is 16.2. The van der Waals surface area contributed by atoms with E-state index >= 15 is 0 Å². The van der Waals surface area contributed by atoms with E-state index in [1.54, 1.807) is 12.3 Å². The Hall–Kier alpha value is -3.22. The van der Waals surface area contributed by atoms with Crippen LogP contribution in [0, 0.1) is 22.7 Å². The van der Waals surface area contributed by atoms with Crippen molar-refractivity contribution in [3.63, 3.8) is 0 Å². The van der Waals surface area contributed by atoms with Crippen molar-refractivity contribution in [1.82, 2.24) is 15.6 Å². The minimum absolute atomic E-state index is 0.0958. The first kappa shape index (κ1) is 18.6. The van der Waals surface area contributed by atoms with Gasteiger partial charge in [-0.05, 0) is 42.6 Å². The smallest absolute Gasteiger partial charge is 0.238 e. The molecule has 1 aliphatic heterocycles. The molecule has 1 amide bonds. The Morgan fingerprint density at radius 1 is 1.19 bits per heavy atom. The quantitative estimate of drug-likeness (QED) is 0.853. The van der Waals surface area contributed by atoms with Crippen LogP contribution in [0.4, 0.5) is 0 Å². The number of rotatable bonds is 5. The third kappa shape index (κ3) is 4.91. The van der Waals surface area contributed by atoms with E-state index in [1.807, 2.05) is 36.4 Å². The zero-order chi connectivity index (χ0) is 19.1. The lowest BCUT2D eigenvalue weighted by atomic mass is 10.0. The molecule has 1 aromatic heterocycles. The SMILES string of the molecule is N#Cc1ccc(-c2ccc(C[C@@H](C#N)NC(=O)[C@@H]3CCCCN3)cc2)cn1. The second-order valence-electron chi connectivity index (χ2n) is 6.64. The first-order valence-corrected chi connectivity index (χ1v) is 9.08. The number of nitriles is 2. The number of carbonyl (C=O) groups is 1. The summed E-state index contributed by atoms with van der Waals surface area (Å²) < 4.78 is 0. The summed E-state index contributed by atoms with van der Waals surface area (Å²) in [7, 11) is 0. The molecule has 2 atom stereocenters. The molecule has 0 spiro atoms. The molecule has 1 fully saturated rings. The van der Waals surface area contributed by atoms with Crippen LogP contribution in [-0.4, -0.2) is 29.5 Å². The van der Waals surface area contributed by atoms with Crippen LogP contribution in [-0.2, 0) is 11.2 Å². The normalized spacial score (nSPS) is 17.3. The van der Waals surface area contributed by atoms with Gasteiger partial charge in [-0.2, -0.15) is 10.5 Å². The van der Waals surface area contributed by atoms with Crippen LogP contribution in [0.1, 0.15) is 30.5 Å². The highest BCUT2D eigenvalue weighted by Gasteiger charge is 2.22. The second kappa shape index (κ2) is 8.93. The average molecular weight is 359 g/mol. The van der Waals surface area contributed by atoms with Gasteiger partial charge in [0.05, 0.1) is 12.1 Å². The van der Waals surface area contributed by atoms with Crippen LogP contribution in [0.15, 0.2) is 42.6 Å². The maximum absolute atomic E-state index is 12.3. The second-order valence-corrected chi connectivity index (χ2v) is 6.64. The molecule has 6 nitrogen and oxygen atoms in total. The average Bonchev–Trinajstić information content (AvgIpc) is 2.74. The maximum atomic E-state index is 12.3. The molecule has 2 aromatic rings. The lowest BCUT2D eigenvalue weighted by Gasteiger charge is -2.23. The topological polar surface area (TPSA) is 102 Å². The number of pyridine rings is 1. The van der Waals surface area contributed by atoms with Crippen LogP contribution >= 0.6 is 0 Å². The summed E-state index contributed by atoms with van der Waals surface area (Å²) in [5.74, 6) is -0.0958. The molecule has 0 saturated carbocycles. The van der Waals surface area contributed by atoms with E-state index in [2.05, 4.69) is 21.7 Å². The highest BCUT2D eigenvalue weighted by Crippen LogP contribution is 2.19. The molecule has 2 N–H and O–H groups in total. The molecule has 1 aromatic carbocycles. The molecule has 0 radical (unpaired) electrons. The van der Waals surface area contributed by atoms with Gasteiger partial charge in [-0.15, -0.1) is 0 Å². The Bertz CT molecular complexity index is 855. The van der Waals surface area contributed by atoms with Gasteiger partial charge in [0.2, 0.25) is 5.91 Å². The number of nitrogens with zero attached hydrogens (tertiary/aromatic N) is 3. The van der Waals surface area contributed by atoms with Gasteiger partial charge in [0, 0.05) is 18.2 Å². The van der Waals surface area contributed by atoms with Crippen LogP contribution in [0.5, 0.6) is 0 Å². The minimum atomic E-state index is -0.552. The first-order valence-electron chi connectivity index (χ1n) is 9.08. The van der Waals surface area contributed by atoms with Crippen molar-refractivity contribution in [3.8, 4) is 23.3 Å². The van der Waals surface area contributed by atoms with Gasteiger partial charge >= 0.3 is 0 Å². The third-order valence-corrected chi connectivity index (χ3v) is 4.70. The van der Waals surface area contributed by atoms with Crippen LogP contribution < -0.4 is 10.6 Å². The number of hydrogen-bond acceptors (Lipinski definition) is 5. The van der Waals surface area contributed by atoms with Gasteiger partial charge in [-0.3, -0.25) is 4.79 Å². The van der Waals surface area contributed by atoms with Crippen molar-refractivity contribution in [3.05, 3.63) is 53.9 Å². The largest absolute Gasteiger partial charge is 0.339 e. The Morgan fingerprint density at radius 2 is 1.96 bits per heavy atom. The fourth-order valence-electron chi connectivity index (χ4n) is 3.18. The number of carbonyl (C=O) groups excluding carboxylic acids is 1. The molecule has 27 heavy (non-hydrogen) atoms. The summed E-state index contributed by atoms with van der Waals surface area (Å²) in [5, 5.41) is 24.3. The van der Waals surface area contributed by atoms with E-state index in [1.165, 1.54) is 0 Å². The number of aromatic nitrogens is 1. The molecule has 136 valence electrons. The van der Waals surface area contributed by atoms with Crippen LogP contribution in [0.2, 0.25) is 0 Å². The van der Waals surface area contributed by atoms with E-state index in [9.17, 15) is 10.1 Å². The molecule has 2 heterocycles. The first-order chi connectivity index (χ1) is 13.2. The predicted octanol–water partition coefficient (Wildman–Crippen LogP) is 2.31. The van der Waals surface area contributed by atoms with Gasteiger partial charge < -0.3 is 10.6 Å². The van der Waals surface area contributed by atoms with E-state index in [-0.39, 0.29) is 11.9 Å². The molecule has 1 aliphatic rings. The summed E-state index contributed by atoms with van der Waals surface area (Å²) in [6.07, 6.45) is 5.07. The highest BCUT2D eigenvalue weighted by molar-refractivity contribution is 5.82. The van der Waals surface area contributed by atoms with Crippen molar-refractivity contribution in [2.75, 3.05) is 6.54 Å². The molecule has 0 aliphatic carbocycles. The molecular formula is C21H21N5O. The molecule has 0 bridgehead atoms. The van der Waals surface area contributed by atoms with E-state index in [0.29, 0.717) is 12.1 Å². The van der Waals surface area contributed by atoms with E-state index in [0.717, 1.165) is 42.5 Å². The summed E-state index contributed by atoms with van der Waals surface area (Å²) in [4.78, 5) is 16.4. The Balaban J connectivity index is 1.61. The standard InChI is InChI=1S/C21H21N5O/c22-12-18-9-8-17(14-25-18)16-6-4-15(5-7-16)11-19(13-23)26-21(27)20-3-1-2-10-24-20/h4-9,14,19-20,24H,1-3,10-11H2,(H,26,27)/t19-,20-/m0/s1. The lowest BCUT2D eigenvalue weighted by Crippen LogP contribution is -2.49. The fourth-order valence-corrected chi connectivity index (χ4v) is 3.18. The maximum Gasteiger partial charge on any atom is 0.238 e. The Labute approximate surface area is 158 Å². The Morgan fingerprint density at radius 3 is 2.56 bits per heavy atom. The molecule has 6 heteroatoms. The van der Waals surface area contributed by atoms with Gasteiger partial charge in [0.25, 0.3) is 0 Å². The molecular weight excluding hydrogens is 338 g/mol. The predicted molar refractivity (Wildman–Crippen MR) is 101 cm³/mol. The van der Waals surface area contributed by atoms with Crippen LogP contribution in [0.25, 0.3) is 11.1 Å². The number of amides is 1. The van der Waals surface area contributed by atoms with Crippen molar-refractivity contribution >= 4 is 5.91 Å². The number of nitrogens with one attached hydrogen (secondary N) is 2. The van der Waals surface area contributed by atoms with Crippen molar-refractivity contribution in [2.24, 2.45) is 0 Å². The third-order valence-electron chi connectivity index (χ3n) is 4.70. The zero-order valence-electron chi connectivity index (χ0n) is 15.0. The van der Waals surface area contributed by atoms with Gasteiger partial charge in [-0.1, -0.05) is 30.7 Å². The summed E-state index contributed by atoms with van der Waals surface area (Å²) >= 11 is 0.